The van der Waals surface area contributed by atoms with Crippen LogP contribution in [0.2, 0.25) is 0 Å². The third-order valence-electron chi connectivity index (χ3n) is 3.72. The normalized spacial score (nSPS) is 21.4. The lowest BCUT2D eigenvalue weighted by Crippen LogP contribution is -2.47. The average Bonchev–Trinajstić information content (AvgIpc) is 2.40. The lowest BCUT2D eigenvalue weighted by Gasteiger charge is -2.32. The minimum absolute atomic E-state index is 0.176. The van der Waals surface area contributed by atoms with E-state index in [-0.39, 0.29) is 11.3 Å². The highest BCUT2D eigenvalue weighted by Crippen LogP contribution is 2.30. The van der Waals surface area contributed by atoms with Crippen LogP contribution in [0.1, 0.15) is 51.6 Å². The second-order valence-electron chi connectivity index (χ2n) is 6.93. The van der Waals surface area contributed by atoms with Gasteiger partial charge in [0.2, 0.25) is 5.91 Å². The lowest BCUT2D eigenvalue weighted by molar-refractivity contribution is -0.122. The molecule has 1 heterocycles. The highest BCUT2D eigenvalue weighted by Gasteiger charge is 2.25. The summed E-state index contributed by atoms with van der Waals surface area (Å²) in [7, 11) is 0. The fourth-order valence-corrected chi connectivity index (χ4v) is 2.73. The van der Waals surface area contributed by atoms with E-state index < -0.39 is 0 Å². The first-order chi connectivity index (χ1) is 9.44. The molecule has 1 aliphatic heterocycles. The third kappa shape index (κ3) is 4.64. The summed E-state index contributed by atoms with van der Waals surface area (Å²) >= 11 is 0. The van der Waals surface area contributed by atoms with Crippen molar-refractivity contribution in [1.82, 2.24) is 10.6 Å². The molecule has 2 N–H and O–H groups in total. The number of amides is 1. The van der Waals surface area contributed by atoms with Crippen molar-refractivity contribution >= 4 is 5.91 Å². The van der Waals surface area contributed by atoms with Crippen LogP contribution in [0.5, 0.6) is 0 Å². The van der Waals surface area contributed by atoms with Gasteiger partial charge in [0.05, 0.1) is 0 Å². The predicted octanol–water partition coefficient (Wildman–Crippen LogP) is 3.03. The van der Waals surface area contributed by atoms with Gasteiger partial charge in [-0.3, -0.25) is 4.79 Å². The molecule has 3 nitrogen and oxygen atoms in total. The van der Waals surface area contributed by atoms with Crippen LogP contribution in [0.15, 0.2) is 30.3 Å². The molecule has 1 amide bonds. The first-order valence-corrected chi connectivity index (χ1v) is 7.52. The van der Waals surface area contributed by atoms with Crippen LogP contribution >= 0.6 is 0 Å². The minimum Gasteiger partial charge on any atom is -0.355 e. The summed E-state index contributed by atoms with van der Waals surface area (Å²) in [6.07, 6.45) is 2.65. The van der Waals surface area contributed by atoms with Gasteiger partial charge in [-0.15, -0.1) is 0 Å². The number of carbonyl (C=O) groups is 1. The summed E-state index contributed by atoms with van der Waals surface area (Å²) in [6.45, 7) is 7.56. The summed E-state index contributed by atoms with van der Waals surface area (Å²) in [6, 6.07) is 11.3. The third-order valence-corrected chi connectivity index (χ3v) is 3.72. The van der Waals surface area contributed by atoms with Gasteiger partial charge in [0.25, 0.3) is 0 Å². The van der Waals surface area contributed by atoms with Gasteiger partial charge in [0.1, 0.15) is 0 Å². The fraction of sp³-hybridized carbons (Fsp3) is 0.588. The highest BCUT2D eigenvalue weighted by molar-refractivity contribution is 5.76. The van der Waals surface area contributed by atoms with Gasteiger partial charge in [-0.1, -0.05) is 51.1 Å². The highest BCUT2D eigenvalue weighted by atomic mass is 16.1. The van der Waals surface area contributed by atoms with Crippen molar-refractivity contribution < 1.29 is 4.79 Å². The number of hydrogen-bond acceptors (Lipinski definition) is 2. The Bertz CT molecular complexity index is 426. The van der Waals surface area contributed by atoms with E-state index in [9.17, 15) is 4.79 Å². The molecule has 110 valence electrons. The molecule has 2 atom stereocenters. The van der Waals surface area contributed by atoms with Crippen molar-refractivity contribution in [2.24, 2.45) is 5.41 Å². The Labute approximate surface area is 122 Å². The lowest BCUT2D eigenvalue weighted by atomic mass is 9.85. The van der Waals surface area contributed by atoms with Crippen LogP contribution in [0.3, 0.4) is 0 Å². The molecular weight excluding hydrogens is 248 g/mol. The van der Waals surface area contributed by atoms with E-state index in [4.69, 9.17) is 0 Å². The van der Waals surface area contributed by atoms with E-state index in [0.29, 0.717) is 18.5 Å². The Morgan fingerprint density at radius 2 is 2.00 bits per heavy atom. The van der Waals surface area contributed by atoms with E-state index >= 15 is 0 Å². The molecule has 1 saturated heterocycles. The first-order valence-electron chi connectivity index (χ1n) is 7.52. The fourth-order valence-electron chi connectivity index (χ4n) is 2.73. The zero-order chi connectivity index (χ0) is 14.6. The van der Waals surface area contributed by atoms with Gasteiger partial charge in [-0.25, -0.2) is 0 Å². The molecule has 1 aromatic carbocycles. The standard InChI is InChI=1S/C17H26N2O/c1-17(2,3)11-15(13-7-5-4-6-8-13)19-14-9-10-16(20)18-12-14/h4-8,14-15,19H,9-12H2,1-3H3,(H,18,20). The van der Waals surface area contributed by atoms with Crippen molar-refractivity contribution in [1.29, 1.82) is 0 Å². The smallest absolute Gasteiger partial charge is 0.220 e. The minimum atomic E-state index is 0.176. The van der Waals surface area contributed by atoms with Gasteiger partial charge in [-0.05, 0) is 23.8 Å². The van der Waals surface area contributed by atoms with Gasteiger partial charge < -0.3 is 10.6 Å². The van der Waals surface area contributed by atoms with Crippen molar-refractivity contribution in [3.63, 3.8) is 0 Å². The molecule has 0 saturated carbocycles. The van der Waals surface area contributed by atoms with E-state index in [1.807, 2.05) is 0 Å². The van der Waals surface area contributed by atoms with Gasteiger partial charge in [0, 0.05) is 25.0 Å². The number of piperidine rings is 1. The monoisotopic (exact) mass is 274 g/mol. The quantitative estimate of drug-likeness (QED) is 0.886. The molecule has 2 unspecified atom stereocenters. The Balaban J connectivity index is 2.05. The number of benzene rings is 1. The van der Waals surface area contributed by atoms with Crippen molar-refractivity contribution in [2.45, 2.75) is 52.1 Å². The van der Waals surface area contributed by atoms with Crippen LogP contribution < -0.4 is 10.6 Å². The molecule has 2 rings (SSSR count). The summed E-state index contributed by atoms with van der Waals surface area (Å²) in [5.41, 5.74) is 1.60. The molecule has 0 aliphatic carbocycles. The molecule has 1 aliphatic rings. The van der Waals surface area contributed by atoms with Crippen molar-refractivity contribution in [2.75, 3.05) is 6.54 Å². The average molecular weight is 274 g/mol. The zero-order valence-corrected chi connectivity index (χ0v) is 12.8. The molecule has 0 spiro atoms. The number of carbonyl (C=O) groups excluding carboxylic acids is 1. The van der Waals surface area contributed by atoms with Gasteiger partial charge >= 0.3 is 0 Å². The summed E-state index contributed by atoms with van der Waals surface area (Å²) in [5.74, 6) is 0.176. The van der Waals surface area contributed by atoms with Crippen LogP contribution in [-0.2, 0) is 4.79 Å². The second-order valence-corrected chi connectivity index (χ2v) is 6.93. The van der Waals surface area contributed by atoms with Crippen LogP contribution in [0, 0.1) is 5.41 Å². The summed E-state index contributed by atoms with van der Waals surface area (Å²) in [5, 5.41) is 6.68. The zero-order valence-electron chi connectivity index (χ0n) is 12.8. The maximum atomic E-state index is 11.3. The molecule has 1 aromatic rings. The molecule has 1 fully saturated rings. The van der Waals surface area contributed by atoms with Crippen LogP contribution in [0.25, 0.3) is 0 Å². The topological polar surface area (TPSA) is 41.1 Å². The van der Waals surface area contributed by atoms with Crippen LogP contribution in [0.4, 0.5) is 0 Å². The van der Waals surface area contributed by atoms with Crippen LogP contribution in [-0.4, -0.2) is 18.5 Å². The summed E-state index contributed by atoms with van der Waals surface area (Å²) < 4.78 is 0. The van der Waals surface area contributed by atoms with Crippen molar-refractivity contribution in [3.8, 4) is 0 Å². The maximum absolute atomic E-state index is 11.3. The Morgan fingerprint density at radius 1 is 1.30 bits per heavy atom. The Kier molecular flexibility index (Phi) is 4.81. The number of nitrogens with one attached hydrogen (secondary N) is 2. The van der Waals surface area contributed by atoms with Gasteiger partial charge in [-0.2, -0.15) is 0 Å². The molecule has 0 radical (unpaired) electrons. The van der Waals surface area contributed by atoms with E-state index in [1.165, 1.54) is 5.56 Å². The molecule has 20 heavy (non-hydrogen) atoms. The number of hydrogen-bond donors (Lipinski definition) is 2. The maximum Gasteiger partial charge on any atom is 0.220 e. The van der Waals surface area contributed by atoms with E-state index in [2.05, 4.69) is 61.7 Å². The van der Waals surface area contributed by atoms with E-state index in [1.54, 1.807) is 0 Å². The molecular formula is C17H26N2O. The largest absolute Gasteiger partial charge is 0.355 e. The predicted molar refractivity (Wildman–Crippen MR) is 82.4 cm³/mol. The number of rotatable bonds is 4. The Morgan fingerprint density at radius 3 is 2.55 bits per heavy atom. The van der Waals surface area contributed by atoms with Gasteiger partial charge in [0.15, 0.2) is 0 Å². The Hall–Kier alpha value is -1.35. The van der Waals surface area contributed by atoms with E-state index in [0.717, 1.165) is 19.4 Å². The SMILES string of the molecule is CC(C)(C)CC(NC1CCC(=O)NC1)c1ccccc1. The second kappa shape index (κ2) is 6.40. The van der Waals surface area contributed by atoms with Crippen molar-refractivity contribution in [3.05, 3.63) is 35.9 Å². The summed E-state index contributed by atoms with van der Waals surface area (Å²) in [4.78, 5) is 11.3. The molecule has 3 heteroatoms. The first kappa shape index (κ1) is 15.0. The molecule has 0 bridgehead atoms. The molecule has 0 aromatic heterocycles.